The van der Waals surface area contributed by atoms with Crippen molar-refractivity contribution >= 4 is 28.4 Å². The highest BCUT2D eigenvalue weighted by Gasteiger charge is 2.34. The number of hydrogen-bond donors (Lipinski definition) is 0. The highest BCUT2D eigenvalue weighted by atomic mass is 35.5. The zero-order valence-corrected chi connectivity index (χ0v) is 11.7. The van der Waals surface area contributed by atoms with Crippen molar-refractivity contribution in [1.82, 2.24) is 0 Å². The van der Waals surface area contributed by atoms with Crippen LogP contribution in [0.4, 0.5) is 17.6 Å². The van der Waals surface area contributed by atoms with Gasteiger partial charge in [0.1, 0.15) is 5.82 Å². The molecule has 0 unspecified atom stereocenters. The molecule has 0 atom stereocenters. The summed E-state index contributed by atoms with van der Waals surface area (Å²) in [6.07, 6.45) is -4.64. The van der Waals surface area contributed by atoms with Crippen LogP contribution in [0, 0.1) is 5.82 Å². The number of benzene rings is 2. The molecule has 0 N–H and O–H groups in total. The van der Waals surface area contributed by atoms with E-state index in [9.17, 15) is 22.4 Å². The lowest BCUT2D eigenvalue weighted by Gasteiger charge is -2.14. The smallest absolute Gasteiger partial charge is 0.276 e. The molecular weight excluding hydrogens is 331 g/mol. The number of rotatable bonds is 2. The lowest BCUT2D eigenvalue weighted by Crippen LogP contribution is -2.07. The molecule has 0 aliphatic heterocycles. The molecule has 0 heterocycles. The van der Waals surface area contributed by atoms with Crippen molar-refractivity contribution in [2.24, 2.45) is 0 Å². The van der Waals surface area contributed by atoms with E-state index >= 15 is 0 Å². The van der Waals surface area contributed by atoms with E-state index in [1.165, 1.54) is 12.1 Å². The Bertz CT molecular complexity index is 711. The van der Waals surface area contributed by atoms with E-state index in [1.807, 2.05) is 0 Å². The van der Waals surface area contributed by atoms with Gasteiger partial charge in [0, 0.05) is 5.56 Å². The Morgan fingerprint density at radius 1 is 1.05 bits per heavy atom. The molecule has 0 bridgehead atoms. The highest BCUT2D eigenvalue weighted by Crippen LogP contribution is 2.39. The molecule has 2 aromatic rings. The predicted octanol–water partition coefficient (Wildman–Crippen LogP) is 5.54. The van der Waals surface area contributed by atoms with Crippen molar-refractivity contribution in [3.8, 4) is 11.1 Å². The molecule has 0 saturated carbocycles. The molecule has 21 heavy (non-hydrogen) atoms. The first-order chi connectivity index (χ1) is 9.71. The molecule has 0 aliphatic carbocycles. The second kappa shape index (κ2) is 5.66. The Labute approximate surface area is 127 Å². The van der Waals surface area contributed by atoms with Crippen LogP contribution in [0.1, 0.15) is 15.9 Å². The fourth-order valence-corrected chi connectivity index (χ4v) is 2.32. The minimum absolute atomic E-state index is 0.219. The van der Waals surface area contributed by atoms with Crippen LogP contribution in [0.15, 0.2) is 36.4 Å². The first-order valence-corrected chi connectivity index (χ1v) is 6.33. The van der Waals surface area contributed by atoms with Crippen LogP contribution >= 0.6 is 23.2 Å². The lowest BCUT2D eigenvalue weighted by atomic mass is 9.98. The molecule has 0 aliphatic rings. The van der Waals surface area contributed by atoms with Gasteiger partial charge in [-0.3, -0.25) is 4.79 Å². The molecule has 1 nitrogen and oxygen atoms in total. The third kappa shape index (κ3) is 3.19. The molecule has 0 spiro atoms. The molecule has 2 rings (SSSR count). The summed E-state index contributed by atoms with van der Waals surface area (Å²) in [6, 6.07) is 6.18. The van der Waals surface area contributed by atoms with E-state index < -0.39 is 22.8 Å². The maximum Gasteiger partial charge on any atom is 0.417 e. The summed E-state index contributed by atoms with van der Waals surface area (Å²) in [5, 5.41) is -1.21. The Morgan fingerprint density at radius 3 is 2.24 bits per heavy atom. The predicted molar refractivity (Wildman–Crippen MR) is 72.0 cm³/mol. The zero-order valence-electron chi connectivity index (χ0n) is 10.1. The van der Waals surface area contributed by atoms with E-state index in [4.69, 9.17) is 23.2 Å². The van der Waals surface area contributed by atoms with Crippen LogP contribution in [0.25, 0.3) is 11.1 Å². The van der Waals surface area contributed by atoms with Gasteiger partial charge < -0.3 is 0 Å². The normalized spacial score (nSPS) is 11.5. The summed E-state index contributed by atoms with van der Waals surface area (Å²) in [5.74, 6) is -1.01. The van der Waals surface area contributed by atoms with Crippen LogP contribution in [0.5, 0.6) is 0 Å². The van der Waals surface area contributed by atoms with E-state index in [0.717, 1.165) is 24.3 Å². The maximum atomic E-state index is 14.0. The summed E-state index contributed by atoms with van der Waals surface area (Å²) < 4.78 is 52.8. The molecule has 110 valence electrons. The van der Waals surface area contributed by atoms with Crippen molar-refractivity contribution in [1.29, 1.82) is 0 Å². The van der Waals surface area contributed by atoms with Crippen molar-refractivity contribution in [3.05, 3.63) is 58.4 Å². The summed E-state index contributed by atoms with van der Waals surface area (Å²) >= 11 is 11.0. The Balaban J connectivity index is 2.69. The third-order valence-corrected chi connectivity index (χ3v) is 3.31. The Morgan fingerprint density at radius 2 is 1.67 bits per heavy atom. The monoisotopic (exact) mass is 336 g/mol. The summed E-state index contributed by atoms with van der Waals surface area (Å²) in [5.41, 5.74) is -2.01. The number of carbonyl (C=O) groups excluding carboxylic acids is 1. The maximum absolute atomic E-state index is 14.0. The number of hydrogen-bond acceptors (Lipinski definition) is 1. The lowest BCUT2D eigenvalue weighted by molar-refractivity contribution is -0.137. The van der Waals surface area contributed by atoms with Gasteiger partial charge in [0.05, 0.1) is 16.1 Å². The zero-order chi connectivity index (χ0) is 15.8. The second-order valence-electron chi connectivity index (χ2n) is 4.13. The van der Waals surface area contributed by atoms with Crippen LogP contribution in [-0.4, -0.2) is 5.24 Å². The largest absolute Gasteiger partial charge is 0.417 e. The van der Waals surface area contributed by atoms with Crippen LogP contribution in [0.3, 0.4) is 0 Å². The number of carbonyl (C=O) groups is 1. The van der Waals surface area contributed by atoms with E-state index in [2.05, 4.69) is 0 Å². The number of alkyl halides is 3. The molecule has 2 aromatic carbocycles. The van der Waals surface area contributed by atoms with Crippen LogP contribution in [-0.2, 0) is 6.18 Å². The van der Waals surface area contributed by atoms with Gasteiger partial charge >= 0.3 is 6.18 Å². The van der Waals surface area contributed by atoms with E-state index in [-0.39, 0.29) is 21.7 Å². The van der Waals surface area contributed by atoms with Crippen molar-refractivity contribution in [2.75, 3.05) is 0 Å². The molecule has 0 amide bonds. The van der Waals surface area contributed by atoms with Crippen molar-refractivity contribution in [3.63, 3.8) is 0 Å². The molecule has 0 fully saturated rings. The average Bonchev–Trinajstić information content (AvgIpc) is 2.39. The Kier molecular flexibility index (Phi) is 4.25. The summed E-state index contributed by atoms with van der Waals surface area (Å²) in [4.78, 5) is 11.0. The van der Waals surface area contributed by atoms with Gasteiger partial charge in [0.15, 0.2) is 0 Å². The fourth-order valence-electron chi connectivity index (χ4n) is 1.87. The van der Waals surface area contributed by atoms with Crippen molar-refractivity contribution in [2.45, 2.75) is 6.18 Å². The topological polar surface area (TPSA) is 17.1 Å². The molecule has 0 saturated heterocycles. The minimum atomic E-state index is -4.64. The average molecular weight is 337 g/mol. The first kappa shape index (κ1) is 15.8. The molecule has 0 radical (unpaired) electrons. The van der Waals surface area contributed by atoms with Crippen LogP contribution in [0.2, 0.25) is 5.02 Å². The standard InChI is InChI=1S/C14H6Cl2F4O/c15-11-5-8(12(17)6-9(11)13(16)21)7-3-1-2-4-10(7)14(18,19)20/h1-6H. The van der Waals surface area contributed by atoms with E-state index in [1.54, 1.807) is 0 Å². The number of halogens is 6. The SMILES string of the molecule is O=C(Cl)c1cc(F)c(-c2ccccc2C(F)(F)F)cc1Cl. The van der Waals surface area contributed by atoms with E-state index in [0.29, 0.717) is 0 Å². The van der Waals surface area contributed by atoms with Gasteiger partial charge in [-0.05, 0) is 35.4 Å². The highest BCUT2D eigenvalue weighted by molar-refractivity contribution is 6.68. The fraction of sp³-hybridized carbons (Fsp3) is 0.0714. The van der Waals surface area contributed by atoms with Gasteiger partial charge in [-0.2, -0.15) is 13.2 Å². The Hall–Kier alpha value is -1.59. The second-order valence-corrected chi connectivity index (χ2v) is 4.88. The first-order valence-electron chi connectivity index (χ1n) is 5.57. The van der Waals surface area contributed by atoms with Crippen LogP contribution < -0.4 is 0 Å². The van der Waals surface area contributed by atoms with Gasteiger partial charge in [0.2, 0.25) is 0 Å². The molecule has 7 heteroatoms. The molecular formula is C14H6Cl2F4O. The minimum Gasteiger partial charge on any atom is -0.276 e. The summed E-state index contributed by atoms with van der Waals surface area (Å²) in [7, 11) is 0. The molecule has 0 aromatic heterocycles. The van der Waals surface area contributed by atoms with Gasteiger partial charge in [-0.15, -0.1) is 0 Å². The quantitative estimate of drug-likeness (QED) is 0.519. The van der Waals surface area contributed by atoms with Gasteiger partial charge in [-0.25, -0.2) is 4.39 Å². The van der Waals surface area contributed by atoms with Gasteiger partial charge in [0.25, 0.3) is 5.24 Å². The summed E-state index contributed by atoms with van der Waals surface area (Å²) in [6.45, 7) is 0. The van der Waals surface area contributed by atoms with Crippen molar-refractivity contribution < 1.29 is 22.4 Å². The van der Waals surface area contributed by atoms with Gasteiger partial charge in [-0.1, -0.05) is 29.8 Å². The third-order valence-electron chi connectivity index (χ3n) is 2.79.